The summed E-state index contributed by atoms with van der Waals surface area (Å²) in [5, 5.41) is 9.56. The van der Waals surface area contributed by atoms with Gasteiger partial charge < -0.3 is 5.32 Å². The minimum absolute atomic E-state index is 0.153. The van der Waals surface area contributed by atoms with Crippen LogP contribution in [0.2, 0.25) is 0 Å². The van der Waals surface area contributed by atoms with Crippen molar-refractivity contribution in [1.82, 2.24) is 25.1 Å². The van der Waals surface area contributed by atoms with E-state index in [4.69, 9.17) is 0 Å². The zero-order chi connectivity index (χ0) is 14.7. The predicted molar refractivity (Wildman–Crippen MR) is 79.4 cm³/mol. The third-order valence-corrected chi connectivity index (χ3v) is 3.70. The van der Waals surface area contributed by atoms with Gasteiger partial charge in [-0.15, -0.1) is 11.3 Å². The van der Waals surface area contributed by atoms with E-state index in [-0.39, 0.29) is 5.91 Å². The maximum Gasteiger partial charge on any atom is 0.271 e. The van der Waals surface area contributed by atoms with Crippen molar-refractivity contribution >= 4 is 17.2 Å². The Bertz CT molecular complexity index is 733. The van der Waals surface area contributed by atoms with Crippen molar-refractivity contribution in [2.24, 2.45) is 0 Å². The summed E-state index contributed by atoms with van der Waals surface area (Å²) >= 11 is 1.47. The molecule has 0 bridgehead atoms. The molecule has 0 aliphatic heterocycles. The summed E-state index contributed by atoms with van der Waals surface area (Å²) in [6.45, 7) is 2.34. The highest BCUT2D eigenvalue weighted by Crippen LogP contribution is 2.10. The zero-order valence-corrected chi connectivity index (χ0v) is 12.2. The topological polar surface area (TPSA) is 72.7 Å². The first-order chi connectivity index (χ1) is 10.2. The molecule has 3 aromatic rings. The molecule has 0 spiro atoms. The molecule has 3 rings (SSSR count). The molecule has 21 heavy (non-hydrogen) atoms. The lowest BCUT2D eigenvalue weighted by molar-refractivity contribution is 0.0946. The van der Waals surface area contributed by atoms with Gasteiger partial charge in [0.2, 0.25) is 0 Å². The molecule has 0 saturated heterocycles. The van der Waals surface area contributed by atoms with E-state index in [2.05, 4.69) is 20.4 Å². The molecule has 1 N–H and O–H groups in total. The Balaban J connectivity index is 1.62. The number of thiazole rings is 1. The first-order valence-corrected chi connectivity index (χ1v) is 7.24. The van der Waals surface area contributed by atoms with Crippen molar-refractivity contribution in [3.8, 4) is 5.69 Å². The number of amides is 1. The van der Waals surface area contributed by atoms with E-state index < -0.39 is 0 Å². The minimum Gasteiger partial charge on any atom is -0.347 e. The Kier molecular flexibility index (Phi) is 3.74. The number of aryl methyl sites for hydroxylation is 1. The van der Waals surface area contributed by atoms with Crippen molar-refractivity contribution in [3.63, 3.8) is 0 Å². The highest BCUT2D eigenvalue weighted by atomic mass is 32.1. The van der Waals surface area contributed by atoms with E-state index >= 15 is 0 Å². The largest absolute Gasteiger partial charge is 0.347 e. The molecule has 106 valence electrons. The molecular weight excluding hydrogens is 286 g/mol. The maximum atomic E-state index is 11.9. The summed E-state index contributed by atoms with van der Waals surface area (Å²) in [5.41, 5.74) is 2.41. The van der Waals surface area contributed by atoms with Gasteiger partial charge in [-0.05, 0) is 24.6 Å². The SMILES string of the molecule is Cc1nc(C(=O)NCc2ccc(-n3cncn3)cc2)cs1. The average molecular weight is 299 g/mol. The summed E-state index contributed by atoms with van der Waals surface area (Å²) in [7, 11) is 0. The molecule has 2 heterocycles. The molecule has 0 fully saturated rings. The second kappa shape index (κ2) is 5.84. The van der Waals surface area contributed by atoms with Crippen LogP contribution in [0.3, 0.4) is 0 Å². The van der Waals surface area contributed by atoms with Crippen molar-refractivity contribution < 1.29 is 4.79 Å². The van der Waals surface area contributed by atoms with E-state index in [9.17, 15) is 4.79 Å². The third kappa shape index (κ3) is 3.14. The maximum absolute atomic E-state index is 11.9. The van der Waals surface area contributed by atoms with E-state index in [0.717, 1.165) is 16.3 Å². The lowest BCUT2D eigenvalue weighted by Crippen LogP contribution is -2.23. The van der Waals surface area contributed by atoms with Crippen LogP contribution >= 0.6 is 11.3 Å². The molecule has 1 amide bonds. The van der Waals surface area contributed by atoms with Gasteiger partial charge in [0.1, 0.15) is 18.3 Å². The predicted octanol–water partition coefficient (Wildman–Crippen LogP) is 1.96. The Morgan fingerprint density at radius 3 is 2.76 bits per heavy atom. The molecule has 0 aliphatic rings. The normalized spacial score (nSPS) is 10.5. The zero-order valence-electron chi connectivity index (χ0n) is 11.4. The molecular formula is C14H13N5OS. The number of benzene rings is 1. The number of aromatic nitrogens is 4. The monoisotopic (exact) mass is 299 g/mol. The van der Waals surface area contributed by atoms with Crippen molar-refractivity contribution in [1.29, 1.82) is 0 Å². The molecule has 1 aromatic carbocycles. The van der Waals surface area contributed by atoms with Gasteiger partial charge in [0.05, 0.1) is 10.7 Å². The number of carbonyl (C=O) groups is 1. The molecule has 0 aliphatic carbocycles. The first-order valence-electron chi connectivity index (χ1n) is 6.36. The van der Waals surface area contributed by atoms with Crippen LogP contribution in [0.5, 0.6) is 0 Å². The minimum atomic E-state index is -0.153. The van der Waals surface area contributed by atoms with Crippen LogP contribution < -0.4 is 5.32 Å². The molecule has 0 atom stereocenters. The molecule has 6 nitrogen and oxygen atoms in total. The highest BCUT2D eigenvalue weighted by molar-refractivity contribution is 7.09. The average Bonchev–Trinajstić information content (AvgIpc) is 3.16. The van der Waals surface area contributed by atoms with Gasteiger partial charge in [0, 0.05) is 11.9 Å². The lowest BCUT2D eigenvalue weighted by Gasteiger charge is -2.05. The van der Waals surface area contributed by atoms with E-state index in [0.29, 0.717) is 12.2 Å². The highest BCUT2D eigenvalue weighted by Gasteiger charge is 2.08. The Labute approximate surface area is 125 Å². The summed E-state index contributed by atoms with van der Waals surface area (Å²) in [5.74, 6) is -0.153. The summed E-state index contributed by atoms with van der Waals surface area (Å²) < 4.78 is 1.68. The van der Waals surface area contributed by atoms with Gasteiger partial charge in [-0.25, -0.2) is 14.6 Å². The number of carbonyl (C=O) groups excluding carboxylic acids is 1. The fourth-order valence-corrected chi connectivity index (χ4v) is 2.44. The number of nitrogens with one attached hydrogen (secondary N) is 1. The number of nitrogens with zero attached hydrogens (tertiary/aromatic N) is 4. The fraction of sp³-hybridized carbons (Fsp3) is 0.143. The molecule has 0 saturated carbocycles. The van der Waals surface area contributed by atoms with Crippen LogP contribution in [0.1, 0.15) is 21.1 Å². The van der Waals surface area contributed by atoms with Crippen molar-refractivity contribution in [2.75, 3.05) is 0 Å². The van der Waals surface area contributed by atoms with Crippen LogP contribution in [0, 0.1) is 6.92 Å². The Morgan fingerprint density at radius 1 is 1.33 bits per heavy atom. The van der Waals surface area contributed by atoms with Gasteiger partial charge >= 0.3 is 0 Å². The van der Waals surface area contributed by atoms with E-state index in [1.54, 1.807) is 16.4 Å². The fourth-order valence-electron chi connectivity index (χ4n) is 1.85. The number of hydrogen-bond donors (Lipinski definition) is 1. The van der Waals surface area contributed by atoms with Gasteiger partial charge in [-0.1, -0.05) is 12.1 Å². The summed E-state index contributed by atoms with van der Waals surface area (Å²) in [6, 6.07) is 7.76. The molecule has 0 unspecified atom stereocenters. The third-order valence-electron chi connectivity index (χ3n) is 2.92. The second-order valence-corrected chi connectivity index (χ2v) is 5.50. The lowest BCUT2D eigenvalue weighted by atomic mass is 10.2. The van der Waals surface area contributed by atoms with Crippen LogP contribution in [0.25, 0.3) is 5.69 Å². The van der Waals surface area contributed by atoms with Gasteiger partial charge in [-0.2, -0.15) is 5.10 Å². The van der Waals surface area contributed by atoms with Gasteiger partial charge in [0.15, 0.2) is 0 Å². The van der Waals surface area contributed by atoms with Crippen LogP contribution in [-0.2, 0) is 6.54 Å². The van der Waals surface area contributed by atoms with E-state index in [1.165, 1.54) is 17.7 Å². The smallest absolute Gasteiger partial charge is 0.271 e. The standard InChI is InChI=1S/C14H13N5OS/c1-10-18-13(7-21-10)14(20)16-6-11-2-4-12(5-3-11)19-9-15-8-17-19/h2-5,7-9H,6H2,1H3,(H,16,20). The second-order valence-electron chi connectivity index (χ2n) is 4.44. The van der Waals surface area contributed by atoms with E-state index in [1.807, 2.05) is 31.2 Å². The molecule has 7 heteroatoms. The Morgan fingerprint density at radius 2 is 2.14 bits per heavy atom. The summed E-state index contributed by atoms with van der Waals surface area (Å²) in [6.07, 6.45) is 3.13. The molecule has 0 radical (unpaired) electrons. The first kappa shape index (κ1) is 13.4. The number of rotatable bonds is 4. The van der Waals surface area contributed by atoms with Gasteiger partial charge in [0.25, 0.3) is 5.91 Å². The van der Waals surface area contributed by atoms with Crippen LogP contribution in [-0.4, -0.2) is 25.7 Å². The quantitative estimate of drug-likeness (QED) is 0.799. The summed E-state index contributed by atoms with van der Waals surface area (Å²) in [4.78, 5) is 20.0. The molecule has 2 aromatic heterocycles. The Hall–Kier alpha value is -2.54. The van der Waals surface area contributed by atoms with Crippen LogP contribution in [0.15, 0.2) is 42.3 Å². The van der Waals surface area contributed by atoms with Crippen molar-refractivity contribution in [2.45, 2.75) is 13.5 Å². The van der Waals surface area contributed by atoms with Crippen LogP contribution in [0.4, 0.5) is 0 Å². The van der Waals surface area contributed by atoms with Crippen molar-refractivity contribution in [3.05, 3.63) is 58.6 Å². The van der Waals surface area contributed by atoms with Gasteiger partial charge in [-0.3, -0.25) is 4.79 Å². The number of hydrogen-bond acceptors (Lipinski definition) is 5.